The molecule has 1 saturated heterocycles. The fourth-order valence-electron chi connectivity index (χ4n) is 3.76. The third kappa shape index (κ3) is 3.41. The Hall–Kier alpha value is -3.34. The molecule has 2 amide bonds. The molecule has 2 aliphatic heterocycles. The maximum Gasteiger partial charge on any atom is 0.317 e. The highest BCUT2D eigenvalue weighted by atomic mass is 32.1. The number of urea groups is 1. The van der Waals surface area contributed by atoms with Gasteiger partial charge in [0.05, 0.1) is 5.51 Å². The Bertz CT molecular complexity index is 1100. The first-order chi connectivity index (χ1) is 14.6. The number of aromatic nitrogens is 3. The van der Waals surface area contributed by atoms with Gasteiger partial charge in [0.25, 0.3) is 0 Å². The summed E-state index contributed by atoms with van der Waals surface area (Å²) in [6.45, 7) is 4.51. The number of carbonyl (C=O) groups excluding carboxylic acids is 1. The average Bonchev–Trinajstić information content (AvgIpc) is 3.40. The van der Waals surface area contributed by atoms with E-state index in [0.29, 0.717) is 31.9 Å². The normalized spacial score (nSPS) is 18.1. The number of nitrogens with zero attached hydrogens (tertiary/aromatic N) is 5. The predicted octanol–water partition coefficient (Wildman–Crippen LogP) is 1.82. The Morgan fingerprint density at radius 1 is 1.30 bits per heavy atom. The molecule has 156 valence electrons. The van der Waals surface area contributed by atoms with E-state index in [1.54, 1.807) is 5.51 Å². The van der Waals surface area contributed by atoms with E-state index < -0.39 is 0 Å². The van der Waals surface area contributed by atoms with Crippen LogP contribution >= 0.6 is 11.3 Å². The van der Waals surface area contributed by atoms with E-state index in [1.807, 2.05) is 23.1 Å². The van der Waals surface area contributed by atoms with Crippen molar-refractivity contribution in [3.63, 3.8) is 0 Å². The average molecular weight is 427 g/mol. The number of amides is 2. The van der Waals surface area contributed by atoms with Crippen molar-refractivity contribution in [2.75, 3.05) is 37.1 Å². The number of hydrogen-bond acceptors (Lipinski definition) is 9. The maximum atomic E-state index is 12.7. The van der Waals surface area contributed by atoms with Gasteiger partial charge in [-0.15, -0.1) is 11.3 Å². The lowest BCUT2D eigenvalue weighted by molar-refractivity contribution is 0.174. The molecule has 2 aromatic heterocycles. The minimum absolute atomic E-state index is 0.0641. The monoisotopic (exact) mass is 427 g/mol. The topological polar surface area (TPSA) is 119 Å². The molecule has 3 aromatic rings. The number of nitrogens with two attached hydrogens (primary N) is 1. The molecule has 5 rings (SSSR count). The van der Waals surface area contributed by atoms with Crippen molar-refractivity contribution in [1.29, 1.82) is 0 Å². The largest absolute Gasteiger partial charge is 0.454 e. The number of anilines is 2. The van der Waals surface area contributed by atoms with Crippen molar-refractivity contribution in [3.8, 4) is 11.5 Å². The van der Waals surface area contributed by atoms with Gasteiger partial charge >= 0.3 is 6.03 Å². The summed E-state index contributed by atoms with van der Waals surface area (Å²) in [5, 5.41) is 2.99. The van der Waals surface area contributed by atoms with Gasteiger partial charge in [0.2, 0.25) is 12.7 Å². The molecule has 1 fully saturated rings. The van der Waals surface area contributed by atoms with E-state index in [4.69, 9.17) is 15.2 Å². The number of piperazine rings is 1. The van der Waals surface area contributed by atoms with E-state index in [0.717, 1.165) is 27.5 Å². The third-order valence-corrected chi connectivity index (χ3v) is 5.98. The third-order valence-electron chi connectivity index (χ3n) is 5.26. The summed E-state index contributed by atoms with van der Waals surface area (Å²) in [5.41, 5.74) is 9.33. The summed E-state index contributed by atoms with van der Waals surface area (Å²) in [6, 6.07) is 5.64. The molecular weight excluding hydrogens is 406 g/mol. The summed E-state index contributed by atoms with van der Waals surface area (Å²) in [6.07, 6.45) is 0. The molecule has 0 radical (unpaired) electrons. The van der Waals surface area contributed by atoms with Crippen LogP contribution in [0.15, 0.2) is 23.7 Å². The Morgan fingerprint density at radius 2 is 2.17 bits per heavy atom. The highest BCUT2D eigenvalue weighted by Crippen LogP contribution is 2.32. The Kier molecular flexibility index (Phi) is 4.66. The number of rotatable bonds is 3. The highest BCUT2D eigenvalue weighted by Gasteiger charge is 2.29. The molecule has 11 heteroatoms. The Labute approximate surface area is 176 Å². The molecule has 4 heterocycles. The molecule has 1 atom stereocenters. The van der Waals surface area contributed by atoms with Crippen LogP contribution < -0.4 is 25.4 Å². The Morgan fingerprint density at radius 3 is 3.03 bits per heavy atom. The fraction of sp³-hybridized carbons (Fsp3) is 0.368. The zero-order valence-corrected chi connectivity index (χ0v) is 17.2. The lowest BCUT2D eigenvalue weighted by atomic mass is 10.2. The number of benzene rings is 1. The molecule has 0 spiro atoms. The summed E-state index contributed by atoms with van der Waals surface area (Å²) < 4.78 is 10.7. The number of nitrogen functional groups attached to an aromatic ring is 1. The van der Waals surface area contributed by atoms with Crippen molar-refractivity contribution in [2.24, 2.45) is 0 Å². The van der Waals surface area contributed by atoms with Crippen molar-refractivity contribution >= 4 is 39.5 Å². The van der Waals surface area contributed by atoms with Gasteiger partial charge in [0.15, 0.2) is 22.1 Å². The van der Waals surface area contributed by atoms with E-state index in [2.05, 4.69) is 32.1 Å². The van der Waals surface area contributed by atoms with Gasteiger partial charge in [0, 0.05) is 32.2 Å². The van der Waals surface area contributed by atoms with Crippen LogP contribution in [-0.4, -0.2) is 58.4 Å². The molecule has 1 unspecified atom stereocenters. The fourth-order valence-corrected chi connectivity index (χ4v) is 4.42. The first kappa shape index (κ1) is 18.7. The Balaban J connectivity index is 1.23. The van der Waals surface area contributed by atoms with E-state index in [9.17, 15) is 4.79 Å². The minimum atomic E-state index is -0.0971. The van der Waals surface area contributed by atoms with Crippen LogP contribution in [0, 0.1) is 0 Å². The molecule has 3 N–H and O–H groups in total. The second-order valence-corrected chi connectivity index (χ2v) is 8.08. The zero-order valence-electron chi connectivity index (χ0n) is 16.4. The molecule has 30 heavy (non-hydrogen) atoms. The molecule has 0 bridgehead atoms. The number of hydrogen-bond donors (Lipinski definition) is 2. The first-order valence-electron chi connectivity index (χ1n) is 9.63. The second kappa shape index (κ2) is 7.48. The molecule has 2 aliphatic rings. The number of nitrogens with one attached hydrogen (secondary N) is 1. The van der Waals surface area contributed by atoms with Crippen LogP contribution in [0.2, 0.25) is 0 Å². The standard InChI is InChI=1S/C19H21N7O3S/c1-11-8-25(19(27)21-7-12-2-3-13-14(6-12)29-10-28-13)4-5-26(11)16-15-17(30-9-22-15)24-18(20)23-16/h2-3,6,9,11H,4-5,7-8,10H2,1H3,(H,21,27)(H2,20,23,24). The number of ether oxygens (including phenoxy) is 2. The van der Waals surface area contributed by atoms with Gasteiger partial charge in [-0.05, 0) is 24.6 Å². The van der Waals surface area contributed by atoms with Gasteiger partial charge < -0.3 is 30.3 Å². The summed E-state index contributed by atoms with van der Waals surface area (Å²) >= 11 is 1.44. The van der Waals surface area contributed by atoms with Gasteiger partial charge in [0.1, 0.15) is 5.52 Å². The molecule has 10 nitrogen and oxygen atoms in total. The van der Waals surface area contributed by atoms with Crippen LogP contribution in [0.4, 0.5) is 16.6 Å². The number of carbonyl (C=O) groups is 1. The van der Waals surface area contributed by atoms with Crippen molar-refractivity contribution in [2.45, 2.75) is 19.5 Å². The number of thiazole rings is 1. The van der Waals surface area contributed by atoms with E-state index >= 15 is 0 Å². The van der Waals surface area contributed by atoms with Crippen LogP contribution in [0.5, 0.6) is 11.5 Å². The SMILES string of the molecule is CC1CN(C(=O)NCc2ccc3c(c2)OCO3)CCN1c1nc(N)nc2scnc12. The van der Waals surface area contributed by atoms with Crippen molar-refractivity contribution in [1.82, 2.24) is 25.2 Å². The molecule has 1 aromatic carbocycles. The molecule has 0 aliphatic carbocycles. The molecular formula is C19H21N7O3S. The minimum Gasteiger partial charge on any atom is -0.454 e. The molecule has 0 saturated carbocycles. The van der Waals surface area contributed by atoms with Crippen molar-refractivity contribution < 1.29 is 14.3 Å². The summed E-state index contributed by atoms with van der Waals surface area (Å²) in [5.74, 6) is 2.40. The number of fused-ring (bicyclic) bond motifs is 2. The van der Waals surface area contributed by atoms with E-state index in [1.165, 1.54) is 11.3 Å². The predicted molar refractivity (Wildman–Crippen MR) is 113 cm³/mol. The summed E-state index contributed by atoms with van der Waals surface area (Å²) in [7, 11) is 0. The van der Waals surface area contributed by atoms with Crippen LogP contribution in [-0.2, 0) is 6.54 Å². The van der Waals surface area contributed by atoms with Gasteiger partial charge in [-0.1, -0.05) is 6.07 Å². The maximum absolute atomic E-state index is 12.7. The van der Waals surface area contributed by atoms with Crippen molar-refractivity contribution in [3.05, 3.63) is 29.3 Å². The van der Waals surface area contributed by atoms with Crippen LogP contribution in [0.1, 0.15) is 12.5 Å². The van der Waals surface area contributed by atoms with Gasteiger partial charge in [-0.2, -0.15) is 4.98 Å². The lowest BCUT2D eigenvalue weighted by Crippen LogP contribution is -2.56. The van der Waals surface area contributed by atoms with Crippen LogP contribution in [0.25, 0.3) is 10.3 Å². The smallest absolute Gasteiger partial charge is 0.317 e. The zero-order chi connectivity index (χ0) is 20.7. The van der Waals surface area contributed by atoms with Gasteiger partial charge in [-0.3, -0.25) is 0 Å². The van der Waals surface area contributed by atoms with Crippen LogP contribution in [0.3, 0.4) is 0 Å². The lowest BCUT2D eigenvalue weighted by Gasteiger charge is -2.40. The first-order valence-corrected chi connectivity index (χ1v) is 10.5. The summed E-state index contributed by atoms with van der Waals surface area (Å²) in [4.78, 5) is 30.5. The van der Waals surface area contributed by atoms with E-state index in [-0.39, 0.29) is 24.8 Å². The second-order valence-electron chi connectivity index (χ2n) is 7.25. The quantitative estimate of drug-likeness (QED) is 0.650. The highest BCUT2D eigenvalue weighted by molar-refractivity contribution is 7.16. The van der Waals surface area contributed by atoms with Gasteiger partial charge in [-0.25, -0.2) is 14.8 Å².